The quantitative estimate of drug-likeness (QED) is 0.656. The zero-order valence-corrected chi connectivity index (χ0v) is 12.7. The summed E-state index contributed by atoms with van der Waals surface area (Å²) < 4.78 is 0. The molecule has 0 aromatic rings. The highest BCUT2D eigenvalue weighted by Crippen LogP contribution is 2.10. The van der Waals surface area contributed by atoms with E-state index < -0.39 is 0 Å². The number of rotatable bonds is 9. The van der Waals surface area contributed by atoms with Gasteiger partial charge in [0.1, 0.15) is 0 Å². The van der Waals surface area contributed by atoms with Crippen LogP contribution in [0.4, 0.5) is 0 Å². The molecule has 0 radical (unpaired) electrons. The third-order valence-corrected chi connectivity index (χ3v) is 3.02. The van der Waals surface area contributed by atoms with Crippen molar-refractivity contribution in [2.24, 2.45) is 17.6 Å². The molecule has 0 saturated carbocycles. The zero-order valence-electron chi connectivity index (χ0n) is 12.7. The summed E-state index contributed by atoms with van der Waals surface area (Å²) in [4.78, 5) is 24.9. The number of amides is 2. The van der Waals surface area contributed by atoms with Crippen LogP contribution in [0, 0.1) is 11.8 Å². The molecule has 0 saturated heterocycles. The first kappa shape index (κ1) is 17.9. The second kappa shape index (κ2) is 9.78. The number of nitrogens with one attached hydrogen (secondary N) is 1. The fourth-order valence-corrected chi connectivity index (χ4v) is 1.67. The number of likely N-dealkylation sites (N-methyl/N-ethyl adjacent to an activating group) is 1. The highest BCUT2D eigenvalue weighted by Gasteiger charge is 2.14. The first-order valence-electron chi connectivity index (χ1n) is 7.07. The molecule has 5 nitrogen and oxygen atoms in total. The fourth-order valence-electron chi connectivity index (χ4n) is 1.67. The Labute approximate surface area is 116 Å². The van der Waals surface area contributed by atoms with Gasteiger partial charge in [0, 0.05) is 20.0 Å². The van der Waals surface area contributed by atoms with Crippen molar-refractivity contribution in [2.75, 3.05) is 26.7 Å². The molecule has 0 aliphatic rings. The monoisotopic (exact) mass is 271 g/mol. The van der Waals surface area contributed by atoms with Crippen molar-refractivity contribution in [2.45, 2.75) is 40.0 Å². The smallest absolute Gasteiger partial charge is 0.239 e. The molecule has 0 spiro atoms. The lowest BCUT2D eigenvalue weighted by Crippen LogP contribution is -2.39. The van der Waals surface area contributed by atoms with E-state index in [1.54, 1.807) is 7.05 Å². The second-order valence-electron chi connectivity index (χ2n) is 5.67. The third kappa shape index (κ3) is 9.47. The van der Waals surface area contributed by atoms with Crippen LogP contribution in [0.1, 0.15) is 40.0 Å². The first-order valence-corrected chi connectivity index (χ1v) is 7.07. The van der Waals surface area contributed by atoms with Crippen molar-refractivity contribution >= 4 is 11.8 Å². The number of hydrogen-bond acceptors (Lipinski definition) is 3. The van der Waals surface area contributed by atoms with Crippen LogP contribution in [0.5, 0.6) is 0 Å². The zero-order chi connectivity index (χ0) is 14.8. The van der Waals surface area contributed by atoms with Crippen molar-refractivity contribution < 1.29 is 9.59 Å². The topological polar surface area (TPSA) is 75.4 Å². The molecule has 0 fully saturated rings. The van der Waals surface area contributed by atoms with Crippen molar-refractivity contribution in [3.05, 3.63) is 0 Å². The number of carbonyl (C=O) groups excluding carboxylic acids is 2. The van der Waals surface area contributed by atoms with Crippen molar-refractivity contribution in [3.8, 4) is 0 Å². The molecule has 0 aromatic heterocycles. The van der Waals surface area contributed by atoms with Gasteiger partial charge in [-0.3, -0.25) is 9.59 Å². The molecule has 0 aliphatic heterocycles. The predicted molar refractivity (Wildman–Crippen MR) is 77.6 cm³/mol. The molecule has 0 aromatic carbocycles. The summed E-state index contributed by atoms with van der Waals surface area (Å²) in [5.74, 6) is 0.794. The Morgan fingerprint density at radius 2 is 1.84 bits per heavy atom. The molecule has 1 unspecified atom stereocenters. The minimum atomic E-state index is -0.0976. The third-order valence-electron chi connectivity index (χ3n) is 3.02. The number of nitrogens with two attached hydrogens (primary N) is 1. The lowest BCUT2D eigenvalue weighted by atomic mass is 10.0. The van der Waals surface area contributed by atoms with Crippen LogP contribution < -0.4 is 11.1 Å². The summed E-state index contributed by atoms with van der Waals surface area (Å²) >= 11 is 0. The number of nitrogens with zero attached hydrogens (tertiary/aromatic N) is 1. The molecule has 0 bridgehead atoms. The van der Waals surface area contributed by atoms with E-state index in [0.29, 0.717) is 31.3 Å². The van der Waals surface area contributed by atoms with Gasteiger partial charge in [0.05, 0.1) is 6.54 Å². The molecule has 0 aliphatic carbocycles. The Hall–Kier alpha value is -1.10. The number of carbonyl (C=O) groups is 2. The van der Waals surface area contributed by atoms with Crippen LogP contribution in [0.2, 0.25) is 0 Å². The average molecular weight is 271 g/mol. The normalized spacial score (nSPS) is 12.3. The van der Waals surface area contributed by atoms with Gasteiger partial charge < -0.3 is 16.0 Å². The molecular weight excluding hydrogens is 242 g/mol. The maximum absolute atomic E-state index is 11.8. The summed E-state index contributed by atoms with van der Waals surface area (Å²) in [5.41, 5.74) is 5.47. The van der Waals surface area contributed by atoms with E-state index in [9.17, 15) is 9.59 Å². The van der Waals surface area contributed by atoms with Gasteiger partial charge in [-0.05, 0) is 31.2 Å². The van der Waals surface area contributed by atoms with Gasteiger partial charge in [0.15, 0.2) is 0 Å². The molecule has 19 heavy (non-hydrogen) atoms. The molecule has 1 atom stereocenters. The van der Waals surface area contributed by atoms with Crippen LogP contribution in [0.3, 0.4) is 0 Å². The lowest BCUT2D eigenvalue weighted by molar-refractivity contribution is -0.135. The van der Waals surface area contributed by atoms with Gasteiger partial charge in [-0.1, -0.05) is 20.8 Å². The average Bonchev–Trinajstić information content (AvgIpc) is 2.33. The Kier molecular flexibility index (Phi) is 9.21. The predicted octanol–water partition coefficient (Wildman–Crippen LogP) is 0.982. The maximum Gasteiger partial charge on any atom is 0.239 e. The minimum absolute atomic E-state index is 0.0172. The summed E-state index contributed by atoms with van der Waals surface area (Å²) in [7, 11) is 1.67. The van der Waals surface area contributed by atoms with E-state index in [1.165, 1.54) is 4.90 Å². The van der Waals surface area contributed by atoms with E-state index in [2.05, 4.69) is 12.2 Å². The Morgan fingerprint density at radius 3 is 2.37 bits per heavy atom. The standard InChI is InChI=1S/C14H29N3O2/c1-11(2)9-16-13(18)10-17(4)14(19)6-5-12(3)7-8-15/h11-12H,5-10,15H2,1-4H3,(H,16,18). The van der Waals surface area contributed by atoms with E-state index in [4.69, 9.17) is 5.73 Å². The van der Waals surface area contributed by atoms with Gasteiger partial charge in [0.25, 0.3) is 0 Å². The maximum atomic E-state index is 11.8. The summed E-state index contributed by atoms with van der Waals surface area (Å²) in [6.45, 7) is 7.60. The van der Waals surface area contributed by atoms with Gasteiger partial charge in [-0.2, -0.15) is 0 Å². The highest BCUT2D eigenvalue weighted by molar-refractivity contribution is 5.84. The molecule has 112 valence electrons. The van der Waals surface area contributed by atoms with Crippen LogP contribution in [0.15, 0.2) is 0 Å². The molecule has 0 rings (SSSR count). The molecule has 5 heteroatoms. The fraction of sp³-hybridized carbons (Fsp3) is 0.857. The Balaban J connectivity index is 3.89. The lowest BCUT2D eigenvalue weighted by Gasteiger charge is -2.18. The Morgan fingerprint density at radius 1 is 1.21 bits per heavy atom. The van der Waals surface area contributed by atoms with Crippen LogP contribution in [-0.4, -0.2) is 43.4 Å². The van der Waals surface area contributed by atoms with Crippen molar-refractivity contribution in [1.82, 2.24) is 10.2 Å². The van der Waals surface area contributed by atoms with E-state index >= 15 is 0 Å². The van der Waals surface area contributed by atoms with Crippen molar-refractivity contribution in [1.29, 1.82) is 0 Å². The van der Waals surface area contributed by atoms with Gasteiger partial charge in [-0.25, -0.2) is 0 Å². The van der Waals surface area contributed by atoms with E-state index in [-0.39, 0.29) is 18.4 Å². The molecule has 0 heterocycles. The highest BCUT2D eigenvalue weighted by atomic mass is 16.2. The van der Waals surface area contributed by atoms with Gasteiger partial charge in [-0.15, -0.1) is 0 Å². The second-order valence-corrected chi connectivity index (χ2v) is 5.67. The van der Waals surface area contributed by atoms with Gasteiger partial charge >= 0.3 is 0 Å². The largest absolute Gasteiger partial charge is 0.354 e. The first-order chi connectivity index (χ1) is 8.86. The number of hydrogen-bond donors (Lipinski definition) is 2. The summed E-state index contributed by atoms with van der Waals surface area (Å²) in [6, 6.07) is 0. The summed E-state index contributed by atoms with van der Waals surface area (Å²) in [5, 5.41) is 2.80. The molecule has 3 N–H and O–H groups in total. The van der Waals surface area contributed by atoms with Crippen LogP contribution in [-0.2, 0) is 9.59 Å². The van der Waals surface area contributed by atoms with E-state index in [0.717, 1.165) is 12.8 Å². The SMILES string of the molecule is CC(C)CNC(=O)CN(C)C(=O)CCC(C)CCN. The molecule has 2 amide bonds. The minimum Gasteiger partial charge on any atom is -0.354 e. The van der Waals surface area contributed by atoms with Gasteiger partial charge in [0.2, 0.25) is 11.8 Å². The molecular formula is C14H29N3O2. The van der Waals surface area contributed by atoms with Crippen molar-refractivity contribution in [3.63, 3.8) is 0 Å². The van der Waals surface area contributed by atoms with E-state index in [1.807, 2.05) is 13.8 Å². The summed E-state index contributed by atoms with van der Waals surface area (Å²) in [6.07, 6.45) is 2.25. The van der Waals surface area contributed by atoms with Crippen LogP contribution >= 0.6 is 0 Å². The Bertz CT molecular complexity index is 280. The van der Waals surface area contributed by atoms with Crippen LogP contribution in [0.25, 0.3) is 0 Å².